The highest BCUT2D eigenvalue weighted by atomic mass is 19.3. The zero-order valence-electron chi connectivity index (χ0n) is 6.08. The van der Waals surface area contributed by atoms with E-state index in [1.54, 1.807) is 0 Å². The van der Waals surface area contributed by atoms with Crippen LogP contribution in [0.4, 0.5) is 8.78 Å². The third-order valence-electron chi connectivity index (χ3n) is 2.05. The van der Waals surface area contributed by atoms with Crippen LogP contribution in [0.1, 0.15) is 38.5 Å². The summed E-state index contributed by atoms with van der Waals surface area (Å²) in [5.74, 6) is 0.484. The van der Waals surface area contributed by atoms with Crippen molar-refractivity contribution in [2.24, 2.45) is 0 Å². The maximum atomic E-state index is 12.1. The minimum Gasteiger partial charge on any atom is -0.210 e. The van der Waals surface area contributed by atoms with Crippen molar-refractivity contribution in [3.63, 3.8) is 0 Å². The molecule has 59 valence electrons. The van der Waals surface area contributed by atoms with Crippen LogP contribution in [-0.4, -0.2) is 6.43 Å². The average Bonchev–Trinajstić information content (AvgIpc) is 2.12. The molecule has 0 unspecified atom stereocenters. The van der Waals surface area contributed by atoms with Crippen LogP contribution in [0.2, 0.25) is 0 Å². The predicted molar refractivity (Wildman–Crippen MR) is 36.9 cm³/mol. The molecule has 0 spiro atoms. The topological polar surface area (TPSA) is 0 Å². The van der Waals surface area contributed by atoms with E-state index < -0.39 is 6.43 Å². The number of hydrogen-bond donors (Lipinski definition) is 0. The molecule has 0 aromatic rings. The van der Waals surface area contributed by atoms with Crippen LogP contribution < -0.4 is 0 Å². The Kier molecular flexibility index (Phi) is 3.10. The van der Waals surface area contributed by atoms with Gasteiger partial charge in [0.2, 0.25) is 6.43 Å². The fourth-order valence-electron chi connectivity index (χ4n) is 1.40. The minimum absolute atomic E-state index is 0.484. The fourth-order valence-corrected chi connectivity index (χ4v) is 1.40. The highest BCUT2D eigenvalue weighted by molar-refractivity contribution is 4.93. The van der Waals surface area contributed by atoms with E-state index in [4.69, 9.17) is 0 Å². The van der Waals surface area contributed by atoms with E-state index >= 15 is 0 Å². The van der Waals surface area contributed by atoms with Crippen molar-refractivity contribution in [3.8, 4) is 0 Å². The molecule has 0 amide bonds. The zero-order chi connectivity index (χ0) is 7.40. The van der Waals surface area contributed by atoms with Gasteiger partial charge in [-0.15, -0.1) is 0 Å². The van der Waals surface area contributed by atoms with Gasteiger partial charge >= 0.3 is 0 Å². The molecule has 1 radical (unpaired) electrons. The molecular weight excluding hydrogens is 134 g/mol. The van der Waals surface area contributed by atoms with Crippen molar-refractivity contribution >= 4 is 0 Å². The van der Waals surface area contributed by atoms with Crippen molar-refractivity contribution in [2.75, 3.05) is 0 Å². The lowest BCUT2D eigenvalue weighted by Crippen LogP contribution is -2.06. The molecule has 0 bridgehead atoms. The summed E-state index contributed by atoms with van der Waals surface area (Å²) in [6.45, 7) is 0. The summed E-state index contributed by atoms with van der Waals surface area (Å²) >= 11 is 0. The number of alkyl halides is 2. The zero-order valence-corrected chi connectivity index (χ0v) is 6.08. The largest absolute Gasteiger partial charge is 0.244 e. The molecule has 1 fully saturated rings. The second kappa shape index (κ2) is 3.89. The molecule has 0 nitrogen and oxygen atoms in total. The van der Waals surface area contributed by atoms with Gasteiger partial charge in [0.15, 0.2) is 0 Å². The van der Waals surface area contributed by atoms with Crippen molar-refractivity contribution in [3.05, 3.63) is 5.92 Å². The van der Waals surface area contributed by atoms with E-state index in [-0.39, 0.29) is 0 Å². The van der Waals surface area contributed by atoms with Gasteiger partial charge in [0, 0.05) is 5.92 Å². The molecule has 1 rings (SSSR count). The smallest absolute Gasteiger partial charge is 0.210 e. The normalized spacial score (nSPS) is 23.1. The maximum absolute atomic E-state index is 12.1. The molecule has 1 aliphatic carbocycles. The third-order valence-corrected chi connectivity index (χ3v) is 2.05. The van der Waals surface area contributed by atoms with E-state index in [2.05, 4.69) is 0 Å². The summed E-state index contributed by atoms with van der Waals surface area (Å²) in [6, 6.07) is 0. The first-order chi connectivity index (χ1) is 4.80. The molecule has 1 saturated carbocycles. The molecule has 0 aromatic heterocycles. The van der Waals surface area contributed by atoms with Gasteiger partial charge in [-0.3, -0.25) is 0 Å². The van der Waals surface area contributed by atoms with Crippen molar-refractivity contribution in [2.45, 2.75) is 45.0 Å². The maximum Gasteiger partial charge on any atom is 0.244 e. The van der Waals surface area contributed by atoms with Gasteiger partial charge in [-0.25, -0.2) is 8.78 Å². The Bertz CT molecular complexity index is 83.3. The molecule has 0 N–H and O–H groups in total. The Balaban J connectivity index is 2.28. The Hall–Kier alpha value is -0.140. The van der Waals surface area contributed by atoms with Crippen molar-refractivity contribution < 1.29 is 8.78 Å². The van der Waals surface area contributed by atoms with Gasteiger partial charge in [-0.2, -0.15) is 0 Å². The van der Waals surface area contributed by atoms with Crippen LogP contribution in [0.5, 0.6) is 0 Å². The molecule has 0 aliphatic heterocycles. The second-order valence-corrected chi connectivity index (χ2v) is 2.87. The molecule has 0 atom stereocenters. The van der Waals surface area contributed by atoms with Gasteiger partial charge in [0.1, 0.15) is 0 Å². The monoisotopic (exact) mass is 147 g/mol. The minimum atomic E-state index is -2.15. The highest BCUT2D eigenvalue weighted by Gasteiger charge is 2.21. The molecule has 1 aliphatic rings. The lowest BCUT2D eigenvalue weighted by atomic mass is 10.0. The summed E-state index contributed by atoms with van der Waals surface area (Å²) in [5, 5.41) is 0. The van der Waals surface area contributed by atoms with Crippen LogP contribution in [-0.2, 0) is 0 Å². The Morgan fingerprint density at radius 2 is 1.40 bits per heavy atom. The fraction of sp³-hybridized carbons (Fsp3) is 0.875. The Morgan fingerprint density at radius 3 is 1.80 bits per heavy atom. The Morgan fingerprint density at radius 1 is 0.900 bits per heavy atom. The summed E-state index contributed by atoms with van der Waals surface area (Å²) in [6.07, 6.45) is 3.39. The first-order valence-corrected chi connectivity index (χ1v) is 3.93. The summed E-state index contributed by atoms with van der Waals surface area (Å²) in [7, 11) is 0. The van der Waals surface area contributed by atoms with E-state index in [9.17, 15) is 8.78 Å². The first kappa shape index (κ1) is 7.96. The molecular formula is C8H13F2. The van der Waals surface area contributed by atoms with Crippen LogP contribution >= 0.6 is 0 Å². The summed E-state index contributed by atoms with van der Waals surface area (Å²) < 4.78 is 24.1. The standard InChI is InChI=1S/C8H13F2/c9-8(10)7-5-3-1-2-4-6-7/h8H,1-6H2. The lowest BCUT2D eigenvalue weighted by Gasteiger charge is -2.10. The second-order valence-electron chi connectivity index (χ2n) is 2.87. The summed E-state index contributed by atoms with van der Waals surface area (Å²) in [4.78, 5) is 0. The predicted octanol–water partition coefficient (Wildman–Crippen LogP) is 3.18. The molecule has 2 heteroatoms. The average molecular weight is 147 g/mol. The highest BCUT2D eigenvalue weighted by Crippen LogP contribution is 2.29. The molecule has 0 saturated heterocycles. The molecule has 0 aromatic carbocycles. The third kappa shape index (κ3) is 2.24. The lowest BCUT2D eigenvalue weighted by molar-refractivity contribution is 0.151. The van der Waals surface area contributed by atoms with Crippen molar-refractivity contribution in [1.29, 1.82) is 0 Å². The van der Waals surface area contributed by atoms with E-state index in [1.807, 2.05) is 0 Å². The van der Waals surface area contributed by atoms with Gasteiger partial charge in [-0.05, 0) is 12.8 Å². The molecule has 0 heterocycles. The number of halogens is 2. The van der Waals surface area contributed by atoms with Crippen LogP contribution in [0.25, 0.3) is 0 Å². The first-order valence-electron chi connectivity index (χ1n) is 3.93. The Labute approximate surface area is 60.6 Å². The van der Waals surface area contributed by atoms with Gasteiger partial charge in [-0.1, -0.05) is 25.7 Å². The number of rotatable bonds is 1. The SMILES string of the molecule is FC(F)[C]1CCCCCC1. The van der Waals surface area contributed by atoms with Gasteiger partial charge in [0.05, 0.1) is 0 Å². The van der Waals surface area contributed by atoms with Crippen LogP contribution in [0.15, 0.2) is 0 Å². The van der Waals surface area contributed by atoms with E-state index in [0.717, 1.165) is 25.7 Å². The summed E-state index contributed by atoms with van der Waals surface area (Å²) in [5.41, 5.74) is 0. The molecule has 10 heavy (non-hydrogen) atoms. The quantitative estimate of drug-likeness (QED) is 0.500. The number of hydrogen-bond acceptors (Lipinski definition) is 0. The van der Waals surface area contributed by atoms with Crippen LogP contribution in [0.3, 0.4) is 0 Å². The van der Waals surface area contributed by atoms with Gasteiger partial charge in [0.25, 0.3) is 0 Å². The van der Waals surface area contributed by atoms with E-state index in [0.29, 0.717) is 18.8 Å². The van der Waals surface area contributed by atoms with Crippen LogP contribution in [0, 0.1) is 5.92 Å². The van der Waals surface area contributed by atoms with E-state index in [1.165, 1.54) is 0 Å². The van der Waals surface area contributed by atoms with Crippen molar-refractivity contribution in [1.82, 2.24) is 0 Å². The van der Waals surface area contributed by atoms with Gasteiger partial charge < -0.3 is 0 Å².